The molecule has 1 rings (SSSR count). The summed E-state index contributed by atoms with van der Waals surface area (Å²) in [6.07, 6.45) is 0. The van der Waals surface area contributed by atoms with Crippen molar-refractivity contribution < 1.29 is 4.92 Å². The van der Waals surface area contributed by atoms with Gasteiger partial charge in [-0.1, -0.05) is 15.9 Å². The van der Waals surface area contributed by atoms with E-state index in [1.807, 2.05) is 6.92 Å². The Kier molecular flexibility index (Phi) is 3.60. The summed E-state index contributed by atoms with van der Waals surface area (Å²) < 4.78 is 0.847. The number of benzene rings is 1. The van der Waals surface area contributed by atoms with E-state index in [4.69, 9.17) is 0 Å². The predicted molar refractivity (Wildman–Crippen MR) is 58.3 cm³/mol. The highest BCUT2D eigenvalue weighted by molar-refractivity contribution is 9.10. The number of halogens is 1. The Hall–Kier alpha value is -0.940. The summed E-state index contributed by atoms with van der Waals surface area (Å²) in [5, 5.41) is 13.7. The molecular weight excluding hydrogens is 248 g/mol. The lowest BCUT2D eigenvalue weighted by Crippen LogP contribution is -2.13. The number of nitrogens with zero attached hydrogens (tertiary/aromatic N) is 1. The molecule has 1 N–H and O–H groups in total. The molecule has 5 heteroatoms. The van der Waals surface area contributed by atoms with E-state index in [1.54, 1.807) is 19.2 Å². The SMILES string of the molecule is CN[C@H](C)c1cc(Br)ccc1[N+](=O)[O-]. The normalized spacial score (nSPS) is 12.5. The van der Waals surface area contributed by atoms with Crippen molar-refractivity contribution >= 4 is 21.6 Å². The lowest BCUT2D eigenvalue weighted by atomic mass is 10.1. The zero-order valence-corrected chi connectivity index (χ0v) is 9.54. The van der Waals surface area contributed by atoms with E-state index in [0.717, 1.165) is 4.47 Å². The molecule has 0 aromatic heterocycles. The van der Waals surface area contributed by atoms with Crippen LogP contribution in [0.1, 0.15) is 18.5 Å². The molecule has 0 amide bonds. The molecule has 1 atom stereocenters. The first-order valence-corrected chi connectivity index (χ1v) is 4.96. The maximum Gasteiger partial charge on any atom is 0.274 e. The molecule has 0 heterocycles. The molecule has 0 aliphatic heterocycles. The fraction of sp³-hybridized carbons (Fsp3) is 0.333. The Morgan fingerprint density at radius 3 is 2.71 bits per heavy atom. The van der Waals surface area contributed by atoms with Gasteiger partial charge in [0.15, 0.2) is 0 Å². The van der Waals surface area contributed by atoms with Crippen LogP contribution in [0.15, 0.2) is 22.7 Å². The molecule has 0 saturated heterocycles. The van der Waals surface area contributed by atoms with Crippen molar-refractivity contribution in [1.82, 2.24) is 5.32 Å². The summed E-state index contributed by atoms with van der Waals surface area (Å²) in [6.45, 7) is 1.88. The topological polar surface area (TPSA) is 55.2 Å². The van der Waals surface area contributed by atoms with Crippen LogP contribution in [0.3, 0.4) is 0 Å². The third-order valence-corrected chi connectivity index (χ3v) is 2.58. The summed E-state index contributed by atoms with van der Waals surface area (Å²) in [5.41, 5.74) is 0.835. The van der Waals surface area contributed by atoms with E-state index in [1.165, 1.54) is 6.07 Å². The van der Waals surface area contributed by atoms with Crippen LogP contribution in [0.4, 0.5) is 5.69 Å². The van der Waals surface area contributed by atoms with E-state index >= 15 is 0 Å². The highest BCUT2D eigenvalue weighted by Gasteiger charge is 2.17. The minimum Gasteiger partial charge on any atom is -0.313 e. The van der Waals surface area contributed by atoms with Crippen molar-refractivity contribution in [3.63, 3.8) is 0 Å². The molecule has 0 bridgehead atoms. The molecule has 76 valence electrons. The van der Waals surface area contributed by atoms with Crippen LogP contribution in [-0.2, 0) is 0 Å². The van der Waals surface area contributed by atoms with E-state index in [0.29, 0.717) is 5.56 Å². The van der Waals surface area contributed by atoms with Gasteiger partial charge in [0, 0.05) is 22.1 Å². The molecule has 0 fully saturated rings. The molecule has 0 radical (unpaired) electrons. The lowest BCUT2D eigenvalue weighted by Gasteiger charge is -2.10. The molecule has 0 spiro atoms. The molecular formula is C9H11BrN2O2. The van der Waals surface area contributed by atoms with Gasteiger partial charge in [-0.05, 0) is 26.1 Å². The highest BCUT2D eigenvalue weighted by atomic mass is 79.9. The second-order valence-corrected chi connectivity index (χ2v) is 3.89. The van der Waals surface area contributed by atoms with Crippen molar-refractivity contribution in [2.45, 2.75) is 13.0 Å². The second kappa shape index (κ2) is 4.52. The molecule has 0 unspecified atom stereocenters. The van der Waals surface area contributed by atoms with Gasteiger partial charge in [-0.2, -0.15) is 0 Å². The first-order valence-electron chi connectivity index (χ1n) is 4.17. The Balaban J connectivity index is 3.22. The summed E-state index contributed by atoms with van der Waals surface area (Å²) >= 11 is 3.29. The quantitative estimate of drug-likeness (QED) is 0.670. The van der Waals surface area contributed by atoms with Crippen LogP contribution in [0.5, 0.6) is 0 Å². The number of hydrogen-bond acceptors (Lipinski definition) is 3. The first-order chi connectivity index (χ1) is 6.56. The average molecular weight is 259 g/mol. The fourth-order valence-electron chi connectivity index (χ4n) is 1.19. The summed E-state index contributed by atoms with van der Waals surface area (Å²) in [5.74, 6) is 0. The van der Waals surface area contributed by atoms with Crippen molar-refractivity contribution in [3.8, 4) is 0 Å². The van der Waals surface area contributed by atoms with Gasteiger partial charge in [-0.15, -0.1) is 0 Å². The highest BCUT2D eigenvalue weighted by Crippen LogP contribution is 2.27. The van der Waals surface area contributed by atoms with Gasteiger partial charge >= 0.3 is 0 Å². The van der Waals surface area contributed by atoms with Crippen LogP contribution < -0.4 is 5.32 Å². The van der Waals surface area contributed by atoms with Crippen molar-refractivity contribution in [1.29, 1.82) is 0 Å². The van der Waals surface area contributed by atoms with Gasteiger partial charge in [0.05, 0.1) is 4.92 Å². The molecule has 14 heavy (non-hydrogen) atoms. The standard InChI is InChI=1S/C9H11BrN2O2/c1-6(11-2)8-5-7(10)3-4-9(8)12(13)14/h3-6,11H,1-2H3/t6-/m1/s1. The van der Waals surface area contributed by atoms with E-state index in [2.05, 4.69) is 21.2 Å². The monoisotopic (exact) mass is 258 g/mol. The Bertz CT molecular complexity index is 355. The van der Waals surface area contributed by atoms with Crippen molar-refractivity contribution in [2.24, 2.45) is 0 Å². The third kappa shape index (κ3) is 2.30. The molecule has 0 aliphatic rings. The van der Waals surface area contributed by atoms with Gasteiger partial charge in [0.1, 0.15) is 0 Å². The second-order valence-electron chi connectivity index (χ2n) is 2.97. The summed E-state index contributed by atoms with van der Waals surface area (Å²) in [7, 11) is 1.77. The van der Waals surface area contributed by atoms with E-state index in [-0.39, 0.29) is 16.7 Å². The minimum atomic E-state index is -0.365. The molecule has 4 nitrogen and oxygen atoms in total. The number of hydrogen-bond donors (Lipinski definition) is 1. The zero-order chi connectivity index (χ0) is 10.7. The fourth-order valence-corrected chi connectivity index (χ4v) is 1.57. The van der Waals surface area contributed by atoms with Gasteiger partial charge in [-0.25, -0.2) is 0 Å². The van der Waals surface area contributed by atoms with Crippen molar-refractivity contribution in [3.05, 3.63) is 38.3 Å². The molecule has 0 aliphatic carbocycles. The van der Waals surface area contributed by atoms with Gasteiger partial charge in [-0.3, -0.25) is 10.1 Å². The zero-order valence-electron chi connectivity index (χ0n) is 7.95. The molecule has 1 aromatic carbocycles. The van der Waals surface area contributed by atoms with Gasteiger partial charge in [0.2, 0.25) is 0 Å². The van der Waals surface area contributed by atoms with Gasteiger partial charge < -0.3 is 5.32 Å². The predicted octanol–water partition coefficient (Wildman–Crippen LogP) is 2.64. The maximum atomic E-state index is 10.7. The Labute approximate surface area is 90.6 Å². The van der Waals surface area contributed by atoms with Crippen LogP contribution in [-0.4, -0.2) is 12.0 Å². The largest absolute Gasteiger partial charge is 0.313 e. The summed E-state index contributed by atoms with van der Waals surface area (Å²) in [4.78, 5) is 10.4. The minimum absolute atomic E-state index is 0.0344. The van der Waals surface area contributed by atoms with Crippen molar-refractivity contribution in [2.75, 3.05) is 7.05 Å². The smallest absolute Gasteiger partial charge is 0.274 e. The maximum absolute atomic E-state index is 10.7. The average Bonchev–Trinajstić information content (AvgIpc) is 2.16. The first kappa shape index (κ1) is 11.1. The number of nitrogens with one attached hydrogen (secondary N) is 1. The van der Waals surface area contributed by atoms with E-state index in [9.17, 15) is 10.1 Å². The lowest BCUT2D eigenvalue weighted by molar-refractivity contribution is -0.385. The number of nitro benzene ring substituents is 1. The van der Waals surface area contributed by atoms with Crippen LogP contribution in [0.25, 0.3) is 0 Å². The summed E-state index contributed by atoms with van der Waals surface area (Å²) in [6, 6.07) is 4.91. The molecule has 0 saturated carbocycles. The number of rotatable bonds is 3. The van der Waals surface area contributed by atoms with E-state index < -0.39 is 0 Å². The van der Waals surface area contributed by atoms with Crippen LogP contribution in [0.2, 0.25) is 0 Å². The van der Waals surface area contributed by atoms with Crippen LogP contribution in [0, 0.1) is 10.1 Å². The van der Waals surface area contributed by atoms with Gasteiger partial charge in [0.25, 0.3) is 5.69 Å². The third-order valence-electron chi connectivity index (χ3n) is 2.09. The number of nitro groups is 1. The van der Waals surface area contributed by atoms with Crippen LogP contribution >= 0.6 is 15.9 Å². The Morgan fingerprint density at radius 1 is 1.57 bits per heavy atom. The molecule has 1 aromatic rings. The Morgan fingerprint density at radius 2 is 2.21 bits per heavy atom.